The first-order valence-electron chi connectivity index (χ1n) is 7.33. The number of nitrogens with one attached hydrogen (secondary N) is 1. The average molecular weight is 306 g/mol. The van der Waals surface area contributed by atoms with Crippen molar-refractivity contribution in [1.29, 1.82) is 0 Å². The topological polar surface area (TPSA) is 49.4 Å². The molecule has 5 heteroatoms. The van der Waals surface area contributed by atoms with Crippen LogP contribution in [-0.4, -0.2) is 42.1 Å². The van der Waals surface area contributed by atoms with Gasteiger partial charge in [-0.15, -0.1) is 11.8 Å². The number of nitrogens with zero attached hydrogens (tertiary/aromatic N) is 1. The zero-order valence-electron chi connectivity index (χ0n) is 12.4. The molecule has 2 amide bonds. The Kier molecular flexibility index (Phi) is 6.11. The number of benzene rings is 1. The van der Waals surface area contributed by atoms with Gasteiger partial charge in [-0.25, -0.2) is 0 Å². The van der Waals surface area contributed by atoms with Gasteiger partial charge in [-0.2, -0.15) is 0 Å². The van der Waals surface area contributed by atoms with E-state index < -0.39 is 0 Å². The minimum atomic E-state index is -0.0684. The van der Waals surface area contributed by atoms with Crippen LogP contribution < -0.4 is 5.32 Å². The Morgan fingerprint density at radius 2 is 1.95 bits per heavy atom. The molecule has 0 atom stereocenters. The van der Waals surface area contributed by atoms with Crippen LogP contribution in [0, 0.1) is 6.92 Å². The zero-order valence-corrected chi connectivity index (χ0v) is 13.2. The standard InChI is InChI=1S/C16H22N2O2S/c1-13-6-2-3-7-14(13)11-21-12-15(19)17-10-16(20)18-8-4-5-9-18/h2-3,6-7H,4-5,8-12H2,1H3,(H,17,19). The lowest BCUT2D eigenvalue weighted by Crippen LogP contribution is -2.39. The van der Waals surface area contributed by atoms with Gasteiger partial charge in [0.2, 0.25) is 11.8 Å². The van der Waals surface area contributed by atoms with Crippen LogP contribution in [0.2, 0.25) is 0 Å². The largest absolute Gasteiger partial charge is 0.346 e. The molecule has 1 aromatic carbocycles. The molecule has 1 aromatic rings. The summed E-state index contributed by atoms with van der Waals surface area (Å²) >= 11 is 1.58. The molecular weight excluding hydrogens is 284 g/mol. The third-order valence-corrected chi connectivity index (χ3v) is 4.63. The van der Waals surface area contributed by atoms with Gasteiger partial charge in [0.25, 0.3) is 0 Å². The van der Waals surface area contributed by atoms with Gasteiger partial charge in [0, 0.05) is 18.8 Å². The molecule has 1 aliphatic rings. The lowest BCUT2D eigenvalue weighted by Gasteiger charge is -2.15. The molecule has 4 nitrogen and oxygen atoms in total. The maximum absolute atomic E-state index is 11.8. The van der Waals surface area contributed by atoms with Crippen molar-refractivity contribution in [3.05, 3.63) is 35.4 Å². The van der Waals surface area contributed by atoms with E-state index in [1.807, 2.05) is 17.0 Å². The first kappa shape index (κ1) is 15.9. The third kappa shape index (κ3) is 5.08. The van der Waals surface area contributed by atoms with Crippen molar-refractivity contribution in [3.8, 4) is 0 Å². The second-order valence-electron chi connectivity index (χ2n) is 5.28. The Labute approximate surface area is 130 Å². The fraction of sp³-hybridized carbons (Fsp3) is 0.500. The zero-order chi connectivity index (χ0) is 15.1. The molecule has 114 valence electrons. The number of thioether (sulfide) groups is 1. The maximum Gasteiger partial charge on any atom is 0.241 e. The number of hydrogen-bond acceptors (Lipinski definition) is 3. The van der Waals surface area contributed by atoms with Crippen molar-refractivity contribution in [2.24, 2.45) is 0 Å². The fourth-order valence-electron chi connectivity index (χ4n) is 2.33. The van der Waals surface area contributed by atoms with E-state index in [9.17, 15) is 9.59 Å². The van der Waals surface area contributed by atoms with Crippen LogP contribution in [0.25, 0.3) is 0 Å². The average Bonchev–Trinajstić information content (AvgIpc) is 3.01. The predicted octanol–water partition coefficient (Wildman–Crippen LogP) is 1.97. The minimum absolute atomic E-state index is 0.0322. The Bertz CT molecular complexity index is 499. The SMILES string of the molecule is Cc1ccccc1CSCC(=O)NCC(=O)N1CCCC1. The van der Waals surface area contributed by atoms with Gasteiger partial charge in [-0.3, -0.25) is 9.59 Å². The summed E-state index contributed by atoms with van der Waals surface area (Å²) in [5, 5.41) is 2.71. The summed E-state index contributed by atoms with van der Waals surface area (Å²) in [4.78, 5) is 25.3. The number of carbonyl (C=O) groups is 2. The molecule has 1 heterocycles. The van der Waals surface area contributed by atoms with Crippen LogP contribution in [0.1, 0.15) is 24.0 Å². The molecule has 0 aromatic heterocycles. The third-order valence-electron chi connectivity index (χ3n) is 3.65. The summed E-state index contributed by atoms with van der Waals surface area (Å²) < 4.78 is 0. The van der Waals surface area contributed by atoms with E-state index in [4.69, 9.17) is 0 Å². The second-order valence-corrected chi connectivity index (χ2v) is 6.27. The van der Waals surface area contributed by atoms with E-state index in [2.05, 4.69) is 24.4 Å². The number of rotatable bonds is 6. The Hall–Kier alpha value is -1.49. The molecule has 0 bridgehead atoms. The molecule has 0 saturated carbocycles. The number of carbonyl (C=O) groups excluding carboxylic acids is 2. The molecule has 1 fully saturated rings. The molecule has 21 heavy (non-hydrogen) atoms. The summed E-state index contributed by atoms with van der Waals surface area (Å²) in [7, 11) is 0. The predicted molar refractivity (Wildman–Crippen MR) is 86.2 cm³/mol. The van der Waals surface area contributed by atoms with Gasteiger partial charge in [0.15, 0.2) is 0 Å². The highest BCUT2D eigenvalue weighted by Gasteiger charge is 2.17. The van der Waals surface area contributed by atoms with Crippen molar-refractivity contribution >= 4 is 23.6 Å². The normalized spacial score (nSPS) is 14.2. The molecule has 1 saturated heterocycles. The van der Waals surface area contributed by atoms with Crippen molar-refractivity contribution in [3.63, 3.8) is 0 Å². The van der Waals surface area contributed by atoms with Gasteiger partial charge in [-0.1, -0.05) is 24.3 Å². The van der Waals surface area contributed by atoms with Gasteiger partial charge in [-0.05, 0) is 30.9 Å². The molecule has 0 spiro atoms. The fourth-order valence-corrected chi connectivity index (χ4v) is 3.26. The first-order valence-corrected chi connectivity index (χ1v) is 8.49. The van der Waals surface area contributed by atoms with Crippen molar-refractivity contribution in [2.75, 3.05) is 25.4 Å². The number of amides is 2. The molecule has 0 radical (unpaired) electrons. The molecule has 0 aliphatic carbocycles. The van der Waals surface area contributed by atoms with E-state index in [0.717, 1.165) is 31.7 Å². The second kappa shape index (κ2) is 8.08. The quantitative estimate of drug-likeness (QED) is 0.874. The Balaban J connectivity index is 1.63. The molecule has 0 unspecified atom stereocenters. The van der Waals surface area contributed by atoms with E-state index in [1.54, 1.807) is 11.8 Å². The highest BCUT2D eigenvalue weighted by molar-refractivity contribution is 7.99. The smallest absolute Gasteiger partial charge is 0.241 e. The van der Waals surface area contributed by atoms with E-state index in [-0.39, 0.29) is 18.4 Å². The highest BCUT2D eigenvalue weighted by Crippen LogP contribution is 2.15. The highest BCUT2D eigenvalue weighted by atomic mass is 32.2. The van der Waals surface area contributed by atoms with Crippen molar-refractivity contribution < 1.29 is 9.59 Å². The van der Waals surface area contributed by atoms with E-state index >= 15 is 0 Å². The van der Waals surface area contributed by atoms with Gasteiger partial charge < -0.3 is 10.2 Å². The van der Waals surface area contributed by atoms with Crippen LogP contribution in [0.5, 0.6) is 0 Å². The molecule has 1 N–H and O–H groups in total. The summed E-state index contributed by atoms with van der Waals surface area (Å²) in [6.45, 7) is 3.86. The first-order chi connectivity index (χ1) is 10.2. The number of aryl methyl sites for hydroxylation is 1. The van der Waals surface area contributed by atoms with E-state index in [1.165, 1.54) is 11.1 Å². The summed E-state index contributed by atoms with van der Waals surface area (Å²) in [5.41, 5.74) is 2.50. The van der Waals surface area contributed by atoms with Crippen molar-refractivity contribution in [2.45, 2.75) is 25.5 Å². The summed E-state index contributed by atoms with van der Waals surface area (Å²) in [6.07, 6.45) is 2.15. The molecular formula is C16H22N2O2S. The van der Waals surface area contributed by atoms with Crippen LogP contribution >= 0.6 is 11.8 Å². The van der Waals surface area contributed by atoms with Crippen LogP contribution in [0.4, 0.5) is 0 Å². The van der Waals surface area contributed by atoms with Crippen molar-refractivity contribution in [1.82, 2.24) is 10.2 Å². The van der Waals surface area contributed by atoms with Crippen LogP contribution in [-0.2, 0) is 15.3 Å². The summed E-state index contributed by atoms with van der Waals surface area (Å²) in [5.74, 6) is 1.17. The monoisotopic (exact) mass is 306 g/mol. The Morgan fingerprint density at radius 3 is 2.67 bits per heavy atom. The van der Waals surface area contributed by atoms with Crippen LogP contribution in [0.15, 0.2) is 24.3 Å². The molecule has 2 rings (SSSR count). The Morgan fingerprint density at radius 1 is 1.24 bits per heavy atom. The van der Waals surface area contributed by atoms with Gasteiger partial charge in [0.1, 0.15) is 0 Å². The lowest BCUT2D eigenvalue weighted by molar-refractivity contribution is -0.131. The minimum Gasteiger partial charge on any atom is -0.346 e. The maximum atomic E-state index is 11.8. The summed E-state index contributed by atoms with van der Waals surface area (Å²) in [6, 6.07) is 8.18. The number of likely N-dealkylation sites (tertiary alicyclic amines) is 1. The molecule has 1 aliphatic heterocycles. The lowest BCUT2D eigenvalue weighted by atomic mass is 10.1. The van der Waals surface area contributed by atoms with Gasteiger partial charge in [0.05, 0.1) is 12.3 Å². The van der Waals surface area contributed by atoms with Crippen LogP contribution in [0.3, 0.4) is 0 Å². The van der Waals surface area contributed by atoms with Gasteiger partial charge >= 0.3 is 0 Å². The van der Waals surface area contributed by atoms with E-state index in [0.29, 0.717) is 5.75 Å². The number of hydrogen-bond donors (Lipinski definition) is 1.